The van der Waals surface area contributed by atoms with E-state index in [-0.39, 0.29) is 42.4 Å². The summed E-state index contributed by atoms with van der Waals surface area (Å²) in [5.41, 5.74) is 7.85. The van der Waals surface area contributed by atoms with Gasteiger partial charge in [0.05, 0.1) is 6.61 Å². The smallest absolute Gasteiger partial charge is 0.241 e. The van der Waals surface area contributed by atoms with Crippen LogP contribution in [0.2, 0.25) is 0 Å². The first-order valence-corrected chi connectivity index (χ1v) is 6.95. The van der Waals surface area contributed by atoms with Crippen molar-refractivity contribution < 1.29 is 9.53 Å². The minimum absolute atomic E-state index is 0. The van der Waals surface area contributed by atoms with Crippen molar-refractivity contribution in [2.45, 2.75) is 19.8 Å². The van der Waals surface area contributed by atoms with Gasteiger partial charge >= 0.3 is 0 Å². The summed E-state index contributed by atoms with van der Waals surface area (Å²) in [5, 5.41) is 5.66. The van der Waals surface area contributed by atoms with Crippen LogP contribution in [-0.4, -0.2) is 38.7 Å². The lowest BCUT2D eigenvalue weighted by Crippen LogP contribution is -2.31. The van der Waals surface area contributed by atoms with E-state index in [0.717, 1.165) is 5.69 Å². The van der Waals surface area contributed by atoms with Gasteiger partial charge in [-0.25, -0.2) is 4.99 Å². The molecule has 7 heteroatoms. The Morgan fingerprint density at radius 1 is 1.41 bits per heavy atom. The SMILES string of the molecule is COCCNC(=O)CN=C(N)Nc1cccc(C(C)C)c1.I. The van der Waals surface area contributed by atoms with Crippen LogP contribution < -0.4 is 16.4 Å². The molecule has 0 aliphatic rings. The molecule has 0 aliphatic carbocycles. The van der Waals surface area contributed by atoms with E-state index in [4.69, 9.17) is 10.5 Å². The lowest BCUT2D eigenvalue weighted by molar-refractivity contribution is -0.119. The number of ether oxygens (including phenoxy) is 1. The number of hydrogen-bond acceptors (Lipinski definition) is 3. The van der Waals surface area contributed by atoms with Crippen LogP contribution in [0.1, 0.15) is 25.3 Å². The van der Waals surface area contributed by atoms with Crippen molar-refractivity contribution in [2.24, 2.45) is 10.7 Å². The van der Waals surface area contributed by atoms with Crippen molar-refractivity contribution in [1.29, 1.82) is 0 Å². The van der Waals surface area contributed by atoms with Crippen LogP contribution in [0.5, 0.6) is 0 Å². The zero-order valence-electron chi connectivity index (χ0n) is 13.3. The van der Waals surface area contributed by atoms with Crippen LogP contribution in [0.4, 0.5) is 5.69 Å². The summed E-state index contributed by atoms with van der Waals surface area (Å²) in [4.78, 5) is 15.5. The number of guanidine groups is 1. The Balaban J connectivity index is 0.00000441. The summed E-state index contributed by atoms with van der Waals surface area (Å²) in [5.74, 6) is 0.474. The second-order valence-electron chi connectivity index (χ2n) is 4.95. The quantitative estimate of drug-likeness (QED) is 0.272. The maximum atomic E-state index is 11.5. The Bertz CT molecular complexity index is 492. The lowest BCUT2D eigenvalue weighted by atomic mass is 10.0. The molecule has 0 atom stereocenters. The number of benzene rings is 1. The molecular weight excluding hydrogens is 395 g/mol. The zero-order chi connectivity index (χ0) is 15.7. The fourth-order valence-corrected chi connectivity index (χ4v) is 1.67. The van der Waals surface area contributed by atoms with Crippen molar-refractivity contribution in [1.82, 2.24) is 5.32 Å². The monoisotopic (exact) mass is 420 g/mol. The molecule has 22 heavy (non-hydrogen) atoms. The summed E-state index contributed by atoms with van der Waals surface area (Å²) >= 11 is 0. The van der Waals surface area contributed by atoms with Crippen molar-refractivity contribution in [3.05, 3.63) is 29.8 Å². The maximum Gasteiger partial charge on any atom is 0.241 e. The number of carbonyl (C=O) groups is 1. The predicted molar refractivity (Wildman–Crippen MR) is 101 cm³/mol. The first-order valence-electron chi connectivity index (χ1n) is 6.95. The van der Waals surface area contributed by atoms with Gasteiger partial charge in [-0.15, -0.1) is 24.0 Å². The number of nitrogens with zero attached hydrogens (tertiary/aromatic N) is 1. The fourth-order valence-electron chi connectivity index (χ4n) is 1.67. The van der Waals surface area contributed by atoms with E-state index >= 15 is 0 Å². The largest absolute Gasteiger partial charge is 0.383 e. The average Bonchev–Trinajstić information content (AvgIpc) is 2.45. The summed E-state index contributed by atoms with van der Waals surface area (Å²) in [7, 11) is 1.58. The van der Waals surface area contributed by atoms with E-state index in [0.29, 0.717) is 19.1 Å². The highest BCUT2D eigenvalue weighted by atomic mass is 127. The van der Waals surface area contributed by atoms with E-state index in [9.17, 15) is 4.79 Å². The molecule has 0 bridgehead atoms. The van der Waals surface area contributed by atoms with E-state index in [1.807, 2.05) is 18.2 Å². The third-order valence-electron chi connectivity index (χ3n) is 2.85. The zero-order valence-corrected chi connectivity index (χ0v) is 15.6. The Morgan fingerprint density at radius 3 is 2.77 bits per heavy atom. The Labute approximate surface area is 148 Å². The van der Waals surface area contributed by atoms with Crippen molar-refractivity contribution in [2.75, 3.05) is 32.1 Å². The van der Waals surface area contributed by atoms with Crippen LogP contribution in [0.15, 0.2) is 29.3 Å². The van der Waals surface area contributed by atoms with Gasteiger partial charge in [-0.05, 0) is 23.6 Å². The molecule has 124 valence electrons. The second-order valence-corrected chi connectivity index (χ2v) is 4.95. The molecule has 1 aromatic carbocycles. The maximum absolute atomic E-state index is 11.5. The number of carbonyl (C=O) groups excluding carboxylic acids is 1. The van der Waals surface area contributed by atoms with Gasteiger partial charge < -0.3 is 21.1 Å². The Hall–Kier alpha value is -1.35. The number of nitrogens with one attached hydrogen (secondary N) is 2. The summed E-state index contributed by atoms with van der Waals surface area (Å²) < 4.78 is 4.84. The van der Waals surface area contributed by atoms with Crippen LogP contribution in [0, 0.1) is 0 Å². The number of halogens is 1. The van der Waals surface area contributed by atoms with Gasteiger partial charge in [-0.2, -0.15) is 0 Å². The van der Waals surface area contributed by atoms with Gasteiger partial charge in [0.25, 0.3) is 0 Å². The summed E-state index contributed by atoms with van der Waals surface area (Å²) in [6, 6.07) is 7.95. The molecule has 1 amide bonds. The van der Waals surface area contributed by atoms with Gasteiger partial charge in [0.1, 0.15) is 6.54 Å². The second kappa shape index (κ2) is 11.2. The molecule has 1 rings (SSSR count). The number of aliphatic imine (C=N–C) groups is 1. The minimum Gasteiger partial charge on any atom is -0.383 e. The van der Waals surface area contributed by atoms with Crippen molar-refractivity contribution in [3.63, 3.8) is 0 Å². The van der Waals surface area contributed by atoms with Crippen LogP contribution >= 0.6 is 24.0 Å². The highest BCUT2D eigenvalue weighted by Gasteiger charge is 2.02. The van der Waals surface area contributed by atoms with Gasteiger partial charge in [0.2, 0.25) is 5.91 Å². The highest BCUT2D eigenvalue weighted by Crippen LogP contribution is 2.18. The summed E-state index contributed by atoms with van der Waals surface area (Å²) in [6.45, 7) is 5.19. The topological polar surface area (TPSA) is 88.7 Å². The highest BCUT2D eigenvalue weighted by molar-refractivity contribution is 14.0. The number of amides is 1. The van der Waals surface area contributed by atoms with Gasteiger partial charge in [0, 0.05) is 19.3 Å². The van der Waals surface area contributed by atoms with Gasteiger partial charge in [0.15, 0.2) is 5.96 Å². The third-order valence-corrected chi connectivity index (χ3v) is 2.85. The average molecular weight is 420 g/mol. The van der Waals surface area contributed by atoms with E-state index in [2.05, 4.69) is 35.5 Å². The first kappa shape index (κ1) is 20.6. The summed E-state index contributed by atoms with van der Waals surface area (Å²) in [6.07, 6.45) is 0. The van der Waals surface area contributed by atoms with Crippen LogP contribution in [0.3, 0.4) is 0 Å². The molecule has 6 nitrogen and oxygen atoms in total. The number of nitrogens with two attached hydrogens (primary N) is 1. The molecular formula is C15H25IN4O2. The van der Waals surface area contributed by atoms with E-state index in [1.54, 1.807) is 7.11 Å². The van der Waals surface area contributed by atoms with Crippen molar-refractivity contribution >= 4 is 41.5 Å². The lowest BCUT2D eigenvalue weighted by Gasteiger charge is -2.10. The van der Waals surface area contributed by atoms with Crippen molar-refractivity contribution in [3.8, 4) is 0 Å². The number of rotatable bonds is 7. The first-order chi connectivity index (χ1) is 10.0. The molecule has 0 aliphatic heterocycles. The third kappa shape index (κ3) is 8.18. The van der Waals surface area contributed by atoms with Crippen LogP contribution in [-0.2, 0) is 9.53 Å². The van der Waals surface area contributed by atoms with Crippen LogP contribution in [0.25, 0.3) is 0 Å². The molecule has 0 heterocycles. The molecule has 4 N–H and O–H groups in total. The Morgan fingerprint density at radius 2 is 2.14 bits per heavy atom. The molecule has 0 saturated heterocycles. The molecule has 0 unspecified atom stereocenters. The normalized spacial score (nSPS) is 11.0. The number of anilines is 1. The molecule has 0 saturated carbocycles. The number of methoxy groups -OCH3 is 1. The molecule has 0 aromatic heterocycles. The fraction of sp³-hybridized carbons (Fsp3) is 0.467. The van der Waals surface area contributed by atoms with E-state index < -0.39 is 0 Å². The minimum atomic E-state index is -0.187. The predicted octanol–water partition coefficient (Wildman–Crippen LogP) is 1.92. The standard InChI is InChI=1S/C15H24N4O2.HI/c1-11(2)12-5-4-6-13(9-12)19-15(16)18-10-14(20)17-7-8-21-3;/h4-6,9,11H,7-8,10H2,1-3H3,(H,17,20)(H3,16,18,19);1H. The number of hydrogen-bond donors (Lipinski definition) is 3. The molecule has 0 fully saturated rings. The van der Waals surface area contributed by atoms with E-state index in [1.165, 1.54) is 5.56 Å². The molecule has 0 spiro atoms. The molecule has 1 aromatic rings. The molecule has 0 radical (unpaired) electrons. The Kier molecular flexibility index (Phi) is 10.6. The van der Waals surface area contributed by atoms with Gasteiger partial charge in [-0.3, -0.25) is 4.79 Å². The van der Waals surface area contributed by atoms with Gasteiger partial charge in [-0.1, -0.05) is 26.0 Å².